The molecule has 0 bridgehead atoms. The number of nitrogens with one attached hydrogen (secondary N) is 1. The first-order valence-electron chi connectivity index (χ1n) is 10.2. The molecule has 0 spiro atoms. The van der Waals surface area contributed by atoms with E-state index in [0.717, 1.165) is 17.0 Å². The molecule has 1 saturated heterocycles. The number of hydrogen-bond donors (Lipinski definition) is 2. The van der Waals surface area contributed by atoms with Gasteiger partial charge in [-0.25, -0.2) is 13.6 Å². The molecule has 184 valence electrons. The van der Waals surface area contributed by atoms with Gasteiger partial charge in [-0.2, -0.15) is 0 Å². The van der Waals surface area contributed by atoms with Gasteiger partial charge < -0.3 is 24.3 Å². The maximum Gasteiger partial charge on any atom is 0.352 e. The molecule has 4 rings (SSSR count). The van der Waals surface area contributed by atoms with Gasteiger partial charge >= 0.3 is 11.9 Å². The van der Waals surface area contributed by atoms with Gasteiger partial charge in [0.15, 0.2) is 17.3 Å². The Labute approximate surface area is 200 Å². The Bertz CT molecular complexity index is 1240. The number of halogens is 2. The molecular weight excluding hydrogens is 490 g/mol. The van der Waals surface area contributed by atoms with Crippen LogP contribution in [0.4, 0.5) is 8.78 Å². The summed E-state index contributed by atoms with van der Waals surface area (Å²) >= 11 is 1.22. The van der Waals surface area contributed by atoms with Gasteiger partial charge in [-0.3, -0.25) is 19.3 Å². The zero-order chi connectivity index (χ0) is 25.3. The molecule has 1 aromatic carbocycles. The van der Waals surface area contributed by atoms with E-state index < -0.39 is 46.8 Å². The second kappa shape index (κ2) is 9.78. The summed E-state index contributed by atoms with van der Waals surface area (Å²) < 4.78 is 42.1. The first-order chi connectivity index (χ1) is 16.7. The molecule has 1 aromatic heterocycles. The zero-order valence-electron chi connectivity index (χ0n) is 18.1. The van der Waals surface area contributed by atoms with Crippen molar-refractivity contribution in [1.82, 2.24) is 10.2 Å². The summed E-state index contributed by atoms with van der Waals surface area (Å²) in [6.07, 6.45) is 0. The number of carbonyl (C=O) groups is 4. The first-order valence-corrected chi connectivity index (χ1v) is 11.2. The summed E-state index contributed by atoms with van der Waals surface area (Å²) in [4.78, 5) is 49.1. The van der Waals surface area contributed by atoms with Crippen molar-refractivity contribution in [2.45, 2.75) is 24.9 Å². The van der Waals surface area contributed by atoms with Gasteiger partial charge in [-0.1, -0.05) is 0 Å². The van der Waals surface area contributed by atoms with Crippen LogP contribution in [0.1, 0.15) is 23.2 Å². The Morgan fingerprint density at radius 2 is 2.00 bits per heavy atom. The molecule has 2 amide bonds. The Kier molecular flexibility index (Phi) is 6.78. The van der Waals surface area contributed by atoms with Crippen molar-refractivity contribution < 1.29 is 47.0 Å². The molecule has 2 atom stereocenters. The van der Waals surface area contributed by atoms with Crippen molar-refractivity contribution in [2.24, 2.45) is 0 Å². The minimum absolute atomic E-state index is 0.139. The van der Waals surface area contributed by atoms with Crippen molar-refractivity contribution in [3.05, 3.63) is 64.8 Å². The lowest BCUT2D eigenvalue weighted by atomic mass is 10.0. The maximum atomic E-state index is 13.7. The van der Waals surface area contributed by atoms with E-state index >= 15 is 0 Å². The number of nitrogens with zero attached hydrogens (tertiary/aromatic N) is 1. The highest BCUT2D eigenvalue weighted by Crippen LogP contribution is 2.40. The van der Waals surface area contributed by atoms with Gasteiger partial charge in [0.2, 0.25) is 0 Å². The number of β-lactam (4-membered cyclic amide) rings is 1. The van der Waals surface area contributed by atoms with Crippen molar-refractivity contribution in [3.63, 3.8) is 0 Å². The van der Waals surface area contributed by atoms with Crippen LogP contribution >= 0.6 is 11.8 Å². The number of aliphatic carboxylic acids is 1. The number of hydrogen-bond acceptors (Lipinski definition) is 8. The van der Waals surface area contributed by atoms with E-state index in [1.807, 2.05) is 0 Å². The SMILES string of the molecule is CC(=O)OCC1=C(C(=O)O)N2C(=O)[C@@H](NC(=O)c3ccc(COc4ccc(F)cc4F)o3)[C@@H]2SC1. The van der Waals surface area contributed by atoms with Crippen LogP contribution in [0.3, 0.4) is 0 Å². The molecule has 1 fully saturated rings. The summed E-state index contributed by atoms with van der Waals surface area (Å²) in [5.41, 5.74) is 0.0105. The van der Waals surface area contributed by atoms with Crippen LogP contribution in [-0.4, -0.2) is 57.5 Å². The first kappa shape index (κ1) is 24.3. The number of carboxylic acids is 1. The lowest BCUT2D eigenvalue weighted by Gasteiger charge is -2.49. The van der Waals surface area contributed by atoms with Gasteiger partial charge in [0, 0.05) is 24.3 Å². The maximum absolute atomic E-state index is 13.7. The third-order valence-electron chi connectivity index (χ3n) is 5.14. The number of furan rings is 1. The second-order valence-electron chi connectivity index (χ2n) is 7.53. The third kappa shape index (κ3) is 4.99. The molecule has 2 N–H and O–H groups in total. The van der Waals surface area contributed by atoms with Gasteiger partial charge in [0.05, 0.1) is 0 Å². The molecule has 35 heavy (non-hydrogen) atoms. The second-order valence-corrected chi connectivity index (χ2v) is 8.63. The monoisotopic (exact) mass is 508 g/mol. The van der Waals surface area contributed by atoms with E-state index in [1.54, 1.807) is 0 Å². The van der Waals surface area contributed by atoms with E-state index in [0.29, 0.717) is 6.07 Å². The topological polar surface area (TPSA) is 135 Å². The number of carbonyl (C=O) groups excluding carboxylic acids is 3. The summed E-state index contributed by atoms with van der Waals surface area (Å²) in [6, 6.07) is 4.59. The number of thioether (sulfide) groups is 1. The van der Waals surface area contributed by atoms with E-state index in [-0.39, 0.29) is 47.5 Å². The molecule has 10 nitrogen and oxygen atoms in total. The van der Waals surface area contributed by atoms with E-state index in [1.165, 1.54) is 30.8 Å². The van der Waals surface area contributed by atoms with Crippen LogP contribution < -0.4 is 10.1 Å². The van der Waals surface area contributed by atoms with Crippen LogP contribution in [0.25, 0.3) is 0 Å². The average Bonchev–Trinajstić information content (AvgIpc) is 3.28. The lowest BCUT2D eigenvalue weighted by Crippen LogP contribution is -2.70. The Morgan fingerprint density at radius 1 is 1.23 bits per heavy atom. The highest BCUT2D eigenvalue weighted by Gasteiger charge is 2.54. The van der Waals surface area contributed by atoms with Crippen LogP contribution in [0.5, 0.6) is 5.75 Å². The molecule has 2 aromatic rings. The normalized spacial score (nSPS) is 19.1. The van der Waals surface area contributed by atoms with Gasteiger partial charge in [0.25, 0.3) is 11.8 Å². The average molecular weight is 508 g/mol. The molecule has 0 saturated carbocycles. The van der Waals surface area contributed by atoms with Crippen LogP contribution in [0, 0.1) is 11.6 Å². The Hall–Kier alpha value is -3.87. The molecule has 13 heteroatoms. The predicted octanol–water partition coefficient (Wildman–Crippen LogP) is 2.05. The molecule has 0 radical (unpaired) electrons. The summed E-state index contributed by atoms with van der Waals surface area (Å²) in [6.45, 7) is 0.701. The highest BCUT2D eigenvalue weighted by atomic mass is 32.2. The number of ether oxygens (including phenoxy) is 2. The smallest absolute Gasteiger partial charge is 0.352 e. The fourth-order valence-electron chi connectivity index (χ4n) is 3.51. The molecule has 3 heterocycles. The standard InChI is InChI=1S/C22H18F2N2O8S/c1-10(27)32-7-11-9-35-21-17(20(29)26(21)18(11)22(30)31)25-19(28)16-5-3-13(34-16)8-33-15-4-2-12(23)6-14(15)24/h2-6,17,21H,7-9H2,1H3,(H,25,28)(H,30,31)/t17-,21+/m1/s1. The Morgan fingerprint density at radius 3 is 2.69 bits per heavy atom. The number of rotatable bonds is 8. The predicted molar refractivity (Wildman–Crippen MR) is 115 cm³/mol. The van der Waals surface area contributed by atoms with Gasteiger partial charge in [0.1, 0.15) is 41.9 Å². The fraction of sp³-hybridized carbons (Fsp3) is 0.273. The summed E-state index contributed by atoms with van der Waals surface area (Å²) in [7, 11) is 0. The number of fused-ring (bicyclic) bond motifs is 1. The quantitative estimate of drug-likeness (QED) is 0.406. The number of benzene rings is 1. The number of esters is 1. The number of carboxylic acid groups (broad SMARTS) is 1. The zero-order valence-corrected chi connectivity index (χ0v) is 18.9. The Balaban J connectivity index is 1.38. The highest BCUT2D eigenvalue weighted by molar-refractivity contribution is 8.00. The molecule has 0 aliphatic carbocycles. The van der Waals surface area contributed by atoms with Crippen LogP contribution in [-0.2, 0) is 25.7 Å². The van der Waals surface area contributed by atoms with Crippen molar-refractivity contribution in [3.8, 4) is 5.75 Å². The van der Waals surface area contributed by atoms with Crippen LogP contribution in [0.2, 0.25) is 0 Å². The molecular formula is C22H18F2N2O8S. The number of amides is 2. The lowest BCUT2D eigenvalue weighted by molar-refractivity contribution is -0.149. The summed E-state index contributed by atoms with van der Waals surface area (Å²) in [5, 5.41) is 11.4. The van der Waals surface area contributed by atoms with Crippen molar-refractivity contribution in [1.29, 1.82) is 0 Å². The van der Waals surface area contributed by atoms with Crippen molar-refractivity contribution >= 4 is 35.5 Å². The third-order valence-corrected chi connectivity index (χ3v) is 6.48. The minimum Gasteiger partial charge on any atom is -0.483 e. The van der Waals surface area contributed by atoms with E-state index in [4.69, 9.17) is 13.9 Å². The molecule has 0 unspecified atom stereocenters. The van der Waals surface area contributed by atoms with Crippen molar-refractivity contribution in [2.75, 3.05) is 12.4 Å². The molecule has 2 aliphatic heterocycles. The molecule has 2 aliphatic rings. The van der Waals surface area contributed by atoms with E-state index in [9.17, 15) is 33.1 Å². The van der Waals surface area contributed by atoms with E-state index in [2.05, 4.69) is 5.32 Å². The minimum atomic E-state index is -1.34. The fourth-order valence-corrected chi connectivity index (χ4v) is 4.84. The largest absolute Gasteiger partial charge is 0.483 e. The van der Waals surface area contributed by atoms with Crippen LogP contribution in [0.15, 0.2) is 46.0 Å². The summed E-state index contributed by atoms with van der Waals surface area (Å²) in [5.74, 6) is -4.87. The van der Waals surface area contributed by atoms with Gasteiger partial charge in [-0.15, -0.1) is 11.8 Å². The van der Waals surface area contributed by atoms with Gasteiger partial charge in [-0.05, 0) is 24.3 Å².